The molecular formula is C49H39NO. The third-order valence-electron chi connectivity index (χ3n) is 11.1. The first-order chi connectivity index (χ1) is 24.9. The minimum Gasteiger partial charge on any atom is -0.455 e. The van der Waals surface area contributed by atoms with Crippen molar-refractivity contribution in [1.82, 2.24) is 0 Å². The Morgan fingerprint density at radius 3 is 2.33 bits per heavy atom. The van der Waals surface area contributed by atoms with Crippen LogP contribution in [-0.4, -0.2) is 0 Å². The highest BCUT2D eigenvalue weighted by Crippen LogP contribution is 2.54. The van der Waals surface area contributed by atoms with Crippen LogP contribution >= 0.6 is 0 Å². The summed E-state index contributed by atoms with van der Waals surface area (Å²) in [5.41, 5.74) is 16.2. The Balaban J connectivity index is 1.27. The lowest BCUT2D eigenvalue weighted by atomic mass is 9.82. The van der Waals surface area contributed by atoms with E-state index in [4.69, 9.17) is 4.42 Å². The van der Waals surface area contributed by atoms with Crippen LogP contribution in [0.25, 0.3) is 49.4 Å². The van der Waals surface area contributed by atoms with E-state index in [9.17, 15) is 0 Å². The second kappa shape index (κ2) is 11.7. The van der Waals surface area contributed by atoms with Gasteiger partial charge in [0.05, 0.1) is 5.69 Å². The van der Waals surface area contributed by atoms with Crippen LogP contribution in [0.1, 0.15) is 43.0 Å². The summed E-state index contributed by atoms with van der Waals surface area (Å²) in [4.78, 5) is 2.36. The van der Waals surface area contributed by atoms with Gasteiger partial charge in [-0.1, -0.05) is 136 Å². The van der Waals surface area contributed by atoms with Crippen LogP contribution in [0, 0.1) is 0 Å². The van der Waals surface area contributed by atoms with Crippen molar-refractivity contribution < 1.29 is 4.42 Å². The summed E-state index contributed by atoms with van der Waals surface area (Å²) in [5, 5.41) is 4.66. The fourth-order valence-corrected chi connectivity index (χ4v) is 8.56. The summed E-state index contributed by atoms with van der Waals surface area (Å²) in [7, 11) is 0. The SMILES string of the molecule is C=CC1=C(C)c2ccccc2C/C1=C\C=C(/C=C)N(c1ccc2c(c1)-c1c(ccc3c1oc1ccccc13)C2(C)C)c1cccc2ccccc12. The molecule has 6 aromatic carbocycles. The normalized spacial score (nSPS) is 15.7. The minimum atomic E-state index is -0.176. The number of allylic oxidation sites excluding steroid dienone is 7. The number of furan rings is 1. The Hall–Kier alpha value is -6.12. The van der Waals surface area contributed by atoms with Crippen LogP contribution < -0.4 is 4.90 Å². The van der Waals surface area contributed by atoms with Crippen LogP contribution in [0.4, 0.5) is 11.4 Å². The fraction of sp³-hybridized carbons (Fsp3) is 0.102. The molecule has 0 spiro atoms. The first kappa shape index (κ1) is 30.9. The van der Waals surface area contributed by atoms with E-state index in [1.54, 1.807) is 0 Å². The molecule has 0 atom stereocenters. The zero-order valence-electron chi connectivity index (χ0n) is 29.3. The van der Waals surface area contributed by atoms with Gasteiger partial charge >= 0.3 is 0 Å². The second-order valence-corrected chi connectivity index (χ2v) is 14.2. The number of hydrogen-bond donors (Lipinski definition) is 0. The molecule has 0 saturated heterocycles. The maximum atomic E-state index is 6.66. The Bertz CT molecular complexity index is 2690. The predicted molar refractivity (Wildman–Crippen MR) is 217 cm³/mol. The summed E-state index contributed by atoms with van der Waals surface area (Å²) in [6.45, 7) is 15.4. The summed E-state index contributed by atoms with van der Waals surface area (Å²) in [5.74, 6) is 0. The van der Waals surface area contributed by atoms with Gasteiger partial charge in [0.2, 0.25) is 0 Å². The largest absolute Gasteiger partial charge is 0.455 e. The molecule has 7 aromatic rings. The third-order valence-corrected chi connectivity index (χ3v) is 11.1. The van der Waals surface area contributed by atoms with Crippen molar-refractivity contribution in [2.45, 2.75) is 32.6 Å². The molecule has 9 rings (SSSR count). The molecule has 0 aliphatic heterocycles. The van der Waals surface area contributed by atoms with E-state index in [1.807, 2.05) is 18.2 Å². The van der Waals surface area contributed by atoms with Crippen molar-refractivity contribution in [3.8, 4) is 11.1 Å². The summed E-state index contributed by atoms with van der Waals surface area (Å²) >= 11 is 0. The fourth-order valence-electron chi connectivity index (χ4n) is 8.56. The van der Waals surface area contributed by atoms with Gasteiger partial charge in [-0.2, -0.15) is 0 Å². The molecule has 0 fully saturated rings. The zero-order valence-corrected chi connectivity index (χ0v) is 29.3. The maximum absolute atomic E-state index is 6.66. The van der Waals surface area contributed by atoms with Crippen molar-refractivity contribution in [2.75, 3.05) is 4.90 Å². The van der Waals surface area contributed by atoms with Crippen LogP contribution in [0.2, 0.25) is 0 Å². The van der Waals surface area contributed by atoms with E-state index >= 15 is 0 Å². The van der Waals surface area contributed by atoms with E-state index in [2.05, 4.69) is 166 Å². The Morgan fingerprint density at radius 2 is 1.49 bits per heavy atom. The van der Waals surface area contributed by atoms with Crippen LogP contribution in [0.5, 0.6) is 0 Å². The van der Waals surface area contributed by atoms with Gasteiger partial charge in [0.25, 0.3) is 0 Å². The number of fused-ring (bicyclic) bond motifs is 9. The van der Waals surface area contributed by atoms with Crippen LogP contribution in [0.15, 0.2) is 180 Å². The first-order valence-electron chi connectivity index (χ1n) is 17.7. The lowest BCUT2D eigenvalue weighted by molar-refractivity contribution is 0.653. The van der Waals surface area contributed by atoms with E-state index < -0.39 is 0 Å². The van der Waals surface area contributed by atoms with Crippen molar-refractivity contribution in [3.05, 3.63) is 198 Å². The monoisotopic (exact) mass is 657 g/mol. The number of anilines is 2. The average Bonchev–Trinajstić information content (AvgIpc) is 3.65. The molecule has 0 N–H and O–H groups in total. The molecule has 0 amide bonds. The molecule has 2 heteroatoms. The first-order valence-corrected chi connectivity index (χ1v) is 17.7. The lowest BCUT2D eigenvalue weighted by Gasteiger charge is -2.29. The van der Waals surface area contributed by atoms with Gasteiger partial charge in [0.1, 0.15) is 11.2 Å². The Morgan fingerprint density at radius 1 is 0.745 bits per heavy atom. The molecule has 0 radical (unpaired) electrons. The van der Waals surface area contributed by atoms with E-state index in [0.29, 0.717) is 0 Å². The molecule has 0 saturated carbocycles. The third kappa shape index (κ3) is 4.71. The minimum absolute atomic E-state index is 0.176. The van der Waals surface area contributed by atoms with Crippen molar-refractivity contribution in [2.24, 2.45) is 0 Å². The van der Waals surface area contributed by atoms with Gasteiger partial charge in [-0.15, -0.1) is 0 Å². The summed E-state index contributed by atoms with van der Waals surface area (Å²) < 4.78 is 6.66. The van der Waals surface area contributed by atoms with E-state index in [1.165, 1.54) is 60.9 Å². The average molecular weight is 658 g/mol. The number of benzene rings is 6. The molecular weight excluding hydrogens is 619 g/mol. The number of hydrogen-bond acceptors (Lipinski definition) is 2. The summed E-state index contributed by atoms with van der Waals surface area (Å²) in [6.07, 6.45) is 9.30. The van der Waals surface area contributed by atoms with Gasteiger partial charge < -0.3 is 9.32 Å². The highest BCUT2D eigenvalue weighted by molar-refractivity contribution is 6.12. The van der Waals surface area contributed by atoms with Crippen molar-refractivity contribution in [1.29, 1.82) is 0 Å². The molecule has 2 aliphatic carbocycles. The van der Waals surface area contributed by atoms with E-state index in [0.717, 1.165) is 45.4 Å². The molecule has 1 aromatic heterocycles. The number of para-hydroxylation sites is 1. The maximum Gasteiger partial charge on any atom is 0.143 e. The topological polar surface area (TPSA) is 16.4 Å². The smallest absolute Gasteiger partial charge is 0.143 e. The summed E-state index contributed by atoms with van der Waals surface area (Å²) in [6, 6.07) is 43.7. The van der Waals surface area contributed by atoms with Gasteiger partial charge in [-0.25, -0.2) is 0 Å². The Kier molecular flexibility index (Phi) is 7.12. The number of nitrogens with zero attached hydrogens (tertiary/aromatic N) is 1. The van der Waals surface area contributed by atoms with Crippen molar-refractivity contribution >= 4 is 49.7 Å². The molecule has 0 bridgehead atoms. The van der Waals surface area contributed by atoms with Gasteiger partial charge in [0.15, 0.2) is 0 Å². The molecule has 2 aliphatic rings. The molecule has 246 valence electrons. The zero-order chi connectivity index (χ0) is 34.9. The van der Waals surface area contributed by atoms with Crippen LogP contribution in [-0.2, 0) is 11.8 Å². The van der Waals surface area contributed by atoms with Gasteiger partial charge in [0, 0.05) is 38.5 Å². The molecule has 1 heterocycles. The highest BCUT2D eigenvalue weighted by Gasteiger charge is 2.38. The molecule has 0 unspecified atom stereocenters. The molecule has 51 heavy (non-hydrogen) atoms. The standard InChI is InChI=1S/C49H39NO/c1-6-35(24-23-34-29-33-16-9-10-18-38(33)31(3)37(34)7-2)50(45-21-14-17-32-15-8-11-19-39(32)45)36-25-27-43-42(30-36)47-44(49(43,4)5)28-26-41-40-20-12-13-22-46(40)51-48(41)47/h6-28,30H,1-2,29H2,3-5H3/b34-23+,35-24+. The predicted octanol–water partition coefficient (Wildman–Crippen LogP) is 13.4. The van der Waals surface area contributed by atoms with Crippen molar-refractivity contribution in [3.63, 3.8) is 0 Å². The van der Waals surface area contributed by atoms with E-state index in [-0.39, 0.29) is 5.41 Å². The van der Waals surface area contributed by atoms with Crippen LogP contribution in [0.3, 0.4) is 0 Å². The quantitative estimate of drug-likeness (QED) is 0.166. The lowest BCUT2D eigenvalue weighted by Crippen LogP contribution is -2.17. The highest BCUT2D eigenvalue weighted by atomic mass is 16.3. The molecule has 2 nitrogen and oxygen atoms in total. The second-order valence-electron chi connectivity index (χ2n) is 14.2. The number of rotatable bonds is 6. The van der Waals surface area contributed by atoms with Gasteiger partial charge in [-0.3, -0.25) is 0 Å². The van der Waals surface area contributed by atoms with Gasteiger partial charge in [-0.05, 0) is 99.7 Å². The Labute approximate surface area is 299 Å².